The number of hydrogen-bond donors (Lipinski definition) is 2. The fourth-order valence-electron chi connectivity index (χ4n) is 1.15. The van der Waals surface area contributed by atoms with Gasteiger partial charge in [-0.05, 0) is 12.1 Å². The first-order valence-electron chi connectivity index (χ1n) is 4.50. The van der Waals surface area contributed by atoms with Crippen LogP contribution in [-0.2, 0) is 10.5 Å². The zero-order valence-electron chi connectivity index (χ0n) is 7.77. The molecule has 0 bridgehead atoms. The molecule has 1 aromatic heterocycles. The largest absolute Gasteiger partial charge is 0.379 e. The maximum absolute atomic E-state index is 5.27. The third-order valence-electron chi connectivity index (χ3n) is 2.03. The first-order chi connectivity index (χ1) is 6.88. The number of ether oxygens (including phenoxy) is 1. The number of rotatable bonds is 4. The van der Waals surface area contributed by atoms with Gasteiger partial charge >= 0.3 is 0 Å². The monoisotopic (exact) mass is 211 g/mol. The second kappa shape index (κ2) is 4.63. The van der Waals surface area contributed by atoms with Crippen molar-refractivity contribution in [3.05, 3.63) is 23.9 Å². The van der Waals surface area contributed by atoms with Crippen molar-refractivity contribution in [3.8, 4) is 0 Å². The highest BCUT2D eigenvalue weighted by Gasteiger charge is 2.18. The third kappa shape index (κ3) is 2.37. The second-order valence-electron chi connectivity index (χ2n) is 3.13. The van der Waals surface area contributed by atoms with Gasteiger partial charge in [-0.15, -0.1) is 11.8 Å². The van der Waals surface area contributed by atoms with Crippen LogP contribution in [0.3, 0.4) is 0 Å². The van der Waals surface area contributed by atoms with E-state index in [4.69, 9.17) is 10.6 Å². The molecular formula is C9H13N3OS. The van der Waals surface area contributed by atoms with Gasteiger partial charge in [-0.2, -0.15) is 0 Å². The van der Waals surface area contributed by atoms with Gasteiger partial charge in [0.05, 0.1) is 24.2 Å². The number of nitrogens with one attached hydrogen (secondary N) is 1. The molecule has 2 heterocycles. The zero-order chi connectivity index (χ0) is 9.80. The molecule has 1 fully saturated rings. The maximum atomic E-state index is 5.27. The van der Waals surface area contributed by atoms with Gasteiger partial charge in [0.15, 0.2) is 0 Å². The molecule has 1 aliphatic heterocycles. The van der Waals surface area contributed by atoms with Crippen LogP contribution in [0.5, 0.6) is 0 Å². The normalized spacial score (nSPS) is 16.4. The molecule has 5 heteroatoms. The lowest BCUT2D eigenvalue weighted by Gasteiger charge is -2.24. The van der Waals surface area contributed by atoms with Crippen LogP contribution < -0.4 is 11.3 Å². The molecular weight excluding hydrogens is 198 g/mol. The van der Waals surface area contributed by atoms with E-state index in [9.17, 15) is 0 Å². The van der Waals surface area contributed by atoms with Crippen LogP contribution in [0, 0.1) is 0 Å². The summed E-state index contributed by atoms with van der Waals surface area (Å²) in [6, 6.07) is 5.81. The summed E-state index contributed by atoms with van der Waals surface area (Å²) in [6.45, 7) is 1.75. The Labute approximate surface area is 87.2 Å². The van der Waals surface area contributed by atoms with Crippen molar-refractivity contribution in [2.45, 2.75) is 11.0 Å². The summed E-state index contributed by atoms with van der Waals surface area (Å²) in [5.41, 5.74) is 3.59. The van der Waals surface area contributed by atoms with E-state index in [1.807, 2.05) is 30.0 Å². The Morgan fingerprint density at radius 2 is 2.43 bits per heavy atom. The van der Waals surface area contributed by atoms with Crippen LogP contribution in [-0.4, -0.2) is 23.4 Å². The molecule has 0 unspecified atom stereocenters. The summed E-state index contributed by atoms with van der Waals surface area (Å²) >= 11 is 1.88. The predicted octanol–water partition coefficient (Wildman–Crippen LogP) is 0.999. The minimum absolute atomic E-state index is 0.645. The predicted molar refractivity (Wildman–Crippen MR) is 57.9 cm³/mol. The molecule has 2 rings (SSSR count). The van der Waals surface area contributed by atoms with E-state index in [-0.39, 0.29) is 0 Å². The smallest absolute Gasteiger partial charge is 0.140 e. The Morgan fingerprint density at radius 3 is 3.07 bits per heavy atom. The van der Waals surface area contributed by atoms with Crippen molar-refractivity contribution in [3.63, 3.8) is 0 Å². The second-order valence-corrected chi connectivity index (χ2v) is 4.42. The van der Waals surface area contributed by atoms with E-state index in [0.717, 1.165) is 24.7 Å². The van der Waals surface area contributed by atoms with Crippen LogP contribution in [0.2, 0.25) is 0 Å². The van der Waals surface area contributed by atoms with Crippen molar-refractivity contribution in [2.75, 3.05) is 18.6 Å². The molecule has 1 aromatic rings. The summed E-state index contributed by atoms with van der Waals surface area (Å²) in [4.78, 5) is 4.32. The molecule has 14 heavy (non-hydrogen) atoms. The molecule has 1 saturated heterocycles. The van der Waals surface area contributed by atoms with Crippen LogP contribution in [0.4, 0.5) is 5.82 Å². The molecule has 0 aliphatic carbocycles. The number of nitrogens with two attached hydrogens (primary N) is 1. The third-order valence-corrected chi connectivity index (χ3v) is 3.24. The van der Waals surface area contributed by atoms with Gasteiger partial charge in [-0.25, -0.2) is 10.8 Å². The molecule has 4 nitrogen and oxygen atoms in total. The number of anilines is 1. The van der Waals surface area contributed by atoms with Crippen molar-refractivity contribution in [1.29, 1.82) is 0 Å². The van der Waals surface area contributed by atoms with Crippen molar-refractivity contribution < 1.29 is 4.74 Å². The SMILES string of the molecule is NNc1cccc(CSC2COC2)n1. The highest BCUT2D eigenvalue weighted by atomic mass is 32.2. The van der Waals surface area contributed by atoms with E-state index < -0.39 is 0 Å². The van der Waals surface area contributed by atoms with Crippen LogP contribution in [0.1, 0.15) is 5.69 Å². The van der Waals surface area contributed by atoms with E-state index >= 15 is 0 Å². The van der Waals surface area contributed by atoms with Crippen molar-refractivity contribution in [1.82, 2.24) is 4.98 Å². The Balaban J connectivity index is 1.87. The molecule has 76 valence electrons. The van der Waals surface area contributed by atoms with Gasteiger partial charge < -0.3 is 10.2 Å². The summed E-state index contributed by atoms with van der Waals surface area (Å²) < 4.78 is 5.09. The van der Waals surface area contributed by atoms with Crippen LogP contribution >= 0.6 is 11.8 Å². The minimum Gasteiger partial charge on any atom is -0.379 e. The molecule has 0 aromatic carbocycles. The first kappa shape index (κ1) is 9.76. The number of pyridine rings is 1. The van der Waals surface area contributed by atoms with E-state index in [2.05, 4.69) is 10.4 Å². The molecule has 1 aliphatic rings. The summed E-state index contributed by atoms with van der Waals surface area (Å²) in [7, 11) is 0. The van der Waals surface area contributed by atoms with Gasteiger partial charge in [0.1, 0.15) is 5.82 Å². The highest BCUT2D eigenvalue weighted by Crippen LogP contribution is 2.22. The Morgan fingerprint density at radius 1 is 1.57 bits per heavy atom. The minimum atomic E-state index is 0.645. The highest BCUT2D eigenvalue weighted by molar-refractivity contribution is 7.99. The summed E-state index contributed by atoms with van der Waals surface area (Å²) in [5.74, 6) is 6.91. The Bertz CT molecular complexity index is 304. The average Bonchev–Trinajstić information content (AvgIpc) is 2.16. The topological polar surface area (TPSA) is 60.2 Å². The Kier molecular flexibility index (Phi) is 3.23. The molecule has 0 atom stereocenters. The molecule has 0 radical (unpaired) electrons. The van der Waals surface area contributed by atoms with Crippen LogP contribution in [0.25, 0.3) is 0 Å². The van der Waals surface area contributed by atoms with E-state index in [1.54, 1.807) is 0 Å². The number of hydrogen-bond acceptors (Lipinski definition) is 5. The Hall–Kier alpha value is -0.780. The van der Waals surface area contributed by atoms with Crippen molar-refractivity contribution in [2.24, 2.45) is 5.84 Å². The molecule has 0 amide bonds. The maximum Gasteiger partial charge on any atom is 0.140 e. The summed E-state index contributed by atoms with van der Waals surface area (Å²) in [6.07, 6.45) is 0. The van der Waals surface area contributed by atoms with Gasteiger partial charge in [-0.1, -0.05) is 6.07 Å². The first-order valence-corrected chi connectivity index (χ1v) is 5.55. The standard InChI is InChI=1S/C9H13N3OS/c10-12-9-3-1-2-7(11-9)6-14-8-4-13-5-8/h1-3,8H,4-6,10H2,(H,11,12). The quantitative estimate of drug-likeness (QED) is 0.574. The number of thioether (sulfide) groups is 1. The zero-order valence-corrected chi connectivity index (χ0v) is 8.59. The van der Waals surface area contributed by atoms with E-state index in [0.29, 0.717) is 11.1 Å². The molecule has 0 spiro atoms. The van der Waals surface area contributed by atoms with Gasteiger partial charge in [0, 0.05) is 5.75 Å². The number of hydrazine groups is 1. The lowest BCUT2D eigenvalue weighted by atomic mass is 10.4. The number of aromatic nitrogens is 1. The molecule has 3 N–H and O–H groups in total. The van der Waals surface area contributed by atoms with Gasteiger partial charge in [0.25, 0.3) is 0 Å². The lowest BCUT2D eigenvalue weighted by molar-refractivity contribution is 0.0455. The van der Waals surface area contributed by atoms with Crippen LogP contribution in [0.15, 0.2) is 18.2 Å². The fraction of sp³-hybridized carbons (Fsp3) is 0.444. The molecule has 0 saturated carbocycles. The van der Waals surface area contributed by atoms with E-state index in [1.165, 1.54) is 0 Å². The fourth-order valence-corrected chi connectivity index (χ4v) is 2.11. The number of nitrogens with zero attached hydrogens (tertiary/aromatic N) is 1. The lowest BCUT2D eigenvalue weighted by Crippen LogP contribution is -2.30. The number of nitrogen functional groups attached to an aromatic ring is 1. The van der Waals surface area contributed by atoms with Gasteiger partial charge in [0.2, 0.25) is 0 Å². The average molecular weight is 211 g/mol. The summed E-state index contributed by atoms with van der Waals surface area (Å²) in [5, 5.41) is 0.645. The van der Waals surface area contributed by atoms with Crippen molar-refractivity contribution >= 4 is 17.6 Å². The van der Waals surface area contributed by atoms with Gasteiger partial charge in [-0.3, -0.25) is 0 Å².